The van der Waals surface area contributed by atoms with Crippen LogP contribution in [-0.4, -0.2) is 23.6 Å². The highest BCUT2D eigenvalue weighted by Crippen LogP contribution is 2.14. The molecular weight excluding hydrogens is 332 g/mol. The van der Waals surface area contributed by atoms with Gasteiger partial charge in [0.2, 0.25) is 0 Å². The summed E-state index contributed by atoms with van der Waals surface area (Å²) in [6.07, 6.45) is 0. The second kappa shape index (κ2) is 7.95. The van der Waals surface area contributed by atoms with Gasteiger partial charge in [0.25, 0.3) is 0 Å². The third-order valence-corrected chi connectivity index (χ3v) is 3.38. The SMILES string of the molecule is CCOCc1nc(NC)cc(NCc2ccc(Br)cc2)n1. The Morgan fingerprint density at radius 2 is 1.86 bits per heavy atom. The molecule has 0 aliphatic carbocycles. The predicted molar refractivity (Wildman–Crippen MR) is 88.4 cm³/mol. The van der Waals surface area contributed by atoms with Crippen molar-refractivity contribution in [2.24, 2.45) is 0 Å². The van der Waals surface area contributed by atoms with Crippen molar-refractivity contribution in [2.75, 3.05) is 24.3 Å². The van der Waals surface area contributed by atoms with Gasteiger partial charge in [-0.2, -0.15) is 0 Å². The Hall–Kier alpha value is -1.66. The van der Waals surface area contributed by atoms with Crippen LogP contribution in [0.15, 0.2) is 34.8 Å². The zero-order chi connectivity index (χ0) is 15.1. The first-order valence-electron chi connectivity index (χ1n) is 6.83. The second-order valence-electron chi connectivity index (χ2n) is 4.42. The van der Waals surface area contributed by atoms with E-state index in [1.807, 2.05) is 32.2 Å². The highest BCUT2D eigenvalue weighted by atomic mass is 79.9. The number of ether oxygens (including phenoxy) is 1. The van der Waals surface area contributed by atoms with Gasteiger partial charge in [0, 0.05) is 30.7 Å². The molecule has 0 aliphatic heterocycles. The first-order valence-corrected chi connectivity index (χ1v) is 7.62. The maximum Gasteiger partial charge on any atom is 0.158 e. The zero-order valence-corrected chi connectivity index (χ0v) is 13.8. The second-order valence-corrected chi connectivity index (χ2v) is 5.34. The third kappa shape index (κ3) is 4.99. The third-order valence-electron chi connectivity index (χ3n) is 2.85. The molecule has 0 unspecified atom stereocenters. The van der Waals surface area contributed by atoms with Gasteiger partial charge in [0.1, 0.15) is 18.2 Å². The van der Waals surface area contributed by atoms with E-state index in [0.717, 1.165) is 16.1 Å². The molecule has 1 heterocycles. The lowest BCUT2D eigenvalue weighted by Gasteiger charge is -2.10. The predicted octanol–water partition coefficient (Wildman–Crippen LogP) is 3.43. The molecule has 1 aromatic carbocycles. The van der Waals surface area contributed by atoms with Gasteiger partial charge < -0.3 is 15.4 Å². The van der Waals surface area contributed by atoms with Crippen LogP contribution < -0.4 is 10.6 Å². The molecule has 0 spiro atoms. The van der Waals surface area contributed by atoms with Crippen molar-refractivity contribution in [1.82, 2.24) is 9.97 Å². The Morgan fingerprint density at radius 3 is 2.52 bits per heavy atom. The number of nitrogens with zero attached hydrogens (tertiary/aromatic N) is 2. The molecule has 2 N–H and O–H groups in total. The lowest BCUT2D eigenvalue weighted by Crippen LogP contribution is -2.07. The maximum absolute atomic E-state index is 5.36. The molecule has 2 rings (SSSR count). The minimum absolute atomic E-state index is 0.416. The molecule has 6 heteroatoms. The molecule has 0 amide bonds. The van der Waals surface area contributed by atoms with Gasteiger partial charge in [-0.3, -0.25) is 0 Å². The summed E-state index contributed by atoms with van der Waals surface area (Å²) in [5.74, 6) is 2.23. The molecule has 0 fully saturated rings. The van der Waals surface area contributed by atoms with Gasteiger partial charge in [-0.15, -0.1) is 0 Å². The molecule has 5 nitrogen and oxygen atoms in total. The van der Waals surface area contributed by atoms with Crippen LogP contribution in [-0.2, 0) is 17.9 Å². The monoisotopic (exact) mass is 350 g/mol. The number of rotatable bonds is 7. The fourth-order valence-electron chi connectivity index (χ4n) is 1.77. The van der Waals surface area contributed by atoms with Crippen molar-refractivity contribution in [2.45, 2.75) is 20.1 Å². The normalized spacial score (nSPS) is 10.4. The fourth-order valence-corrected chi connectivity index (χ4v) is 2.03. The number of halogens is 1. The topological polar surface area (TPSA) is 59.1 Å². The summed E-state index contributed by atoms with van der Waals surface area (Å²) in [7, 11) is 1.84. The summed E-state index contributed by atoms with van der Waals surface area (Å²) in [5, 5.41) is 6.35. The highest BCUT2D eigenvalue weighted by molar-refractivity contribution is 9.10. The van der Waals surface area contributed by atoms with E-state index in [2.05, 4.69) is 48.7 Å². The quantitative estimate of drug-likeness (QED) is 0.800. The van der Waals surface area contributed by atoms with E-state index in [1.165, 1.54) is 5.56 Å². The van der Waals surface area contributed by atoms with Crippen LogP contribution in [0.4, 0.5) is 11.6 Å². The molecule has 21 heavy (non-hydrogen) atoms. The minimum Gasteiger partial charge on any atom is -0.374 e. The minimum atomic E-state index is 0.416. The Labute approximate surface area is 133 Å². The van der Waals surface area contributed by atoms with Gasteiger partial charge in [-0.05, 0) is 24.6 Å². The summed E-state index contributed by atoms with van der Waals surface area (Å²) >= 11 is 3.43. The van der Waals surface area contributed by atoms with Crippen LogP contribution in [0, 0.1) is 0 Å². The van der Waals surface area contributed by atoms with Gasteiger partial charge in [0.15, 0.2) is 5.82 Å². The van der Waals surface area contributed by atoms with Crippen LogP contribution in [0.5, 0.6) is 0 Å². The smallest absolute Gasteiger partial charge is 0.158 e. The van der Waals surface area contributed by atoms with E-state index in [9.17, 15) is 0 Å². The molecule has 0 aliphatic rings. The number of nitrogens with one attached hydrogen (secondary N) is 2. The summed E-state index contributed by atoms with van der Waals surface area (Å²) in [5.41, 5.74) is 1.19. The zero-order valence-electron chi connectivity index (χ0n) is 12.2. The van der Waals surface area contributed by atoms with Crippen molar-refractivity contribution >= 4 is 27.6 Å². The molecule has 112 valence electrons. The molecule has 0 bridgehead atoms. The molecule has 1 aromatic heterocycles. The average molecular weight is 351 g/mol. The van der Waals surface area contributed by atoms with E-state index in [0.29, 0.717) is 25.6 Å². The van der Waals surface area contributed by atoms with Crippen molar-refractivity contribution in [3.8, 4) is 0 Å². The Bertz CT molecular complexity index is 574. The number of hydrogen-bond donors (Lipinski definition) is 2. The first-order chi connectivity index (χ1) is 10.2. The summed E-state index contributed by atoms with van der Waals surface area (Å²) < 4.78 is 6.44. The number of aromatic nitrogens is 2. The van der Waals surface area contributed by atoms with Gasteiger partial charge in [0.05, 0.1) is 0 Å². The average Bonchev–Trinajstić information content (AvgIpc) is 2.52. The van der Waals surface area contributed by atoms with Gasteiger partial charge in [-0.1, -0.05) is 28.1 Å². The largest absolute Gasteiger partial charge is 0.374 e. The molecule has 0 saturated carbocycles. The summed E-state index contributed by atoms with van der Waals surface area (Å²) in [6, 6.07) is 10.1. The van der Waals surface area contributed by atoms with E-state index >= 15 is 0 Å². The van der Waals surface area contributed by atoms with E-state index in [4.69, 9.17) is 4.74 Å². The Morgan fingerprint density at radius 1 is 1.14 bits per heavy atom. The molecule has 2 aromatic rings. The number of benzene rings is 1. The Balaban J connectivity index is 2.05. The highest BCUT2D eigenvalue weighted by Gasteiger charge is 2.04. The summed E-state index contributed by atoms with van der Waals surface area (Å²) in [6.45, 7) is 3.73. The fraction of sp³-hybridized carbons (Fsp3) is 0.333. The van der Waals surface area contributed by atoms with Gasteiger partial charge >= 0.3 is 0 Å². The maximum atomic E-state index is 5.36. The van der Waals surface area contributed by atoms with Crippen LogP contribution >= 0.6 is 15.9 Å². The van der Waals surface area contributed by atoms with Crippen LogP contribution in [0.1, 0.15) is 18.3 Å². The number of anilines is 2. The van der Waals surface area contributed by atoms with Crippen LogP contribution in [0.2, 0.25) is 0 Å². The van der Waals surface area contributed by atoms with Gasteiger partial charge in [-0.25, -0.2) is 9.97 Å². The number of hydrogen-bond acceptors (Lipinski definition) is 5. The van der Waals surface area contributed by atoms with Crippen LogP contribution in [0.3, 0.4) is 0 Å². The van der Waals surface area contributed by atoms with Crippen molar-refractivity contribution in [3.63, 3.8) is 0 Å². The van der Waals surface area contributed by atoms with Crippen molar-refractivity contribution in [3.05, 3.63) is 46.2 Å². The van der Waals surface area contributed by atoms with Crippen molar-refractivity contribution < 1.29 is 4.74 Å². The first kappa shape index (κ1) is 15.7. The lowest BCUT2D eigenvalue weighted by atomic mass is 10.2. The Kier molecular flexibility index (Phi) is 5.95. The van der Waals surface area contributed by atoms with Crippen LogP contribution in [0.25, 0.3) is 0 Å². The van der Waals surface area contributed by atoms with Crippen molar-refractivity contribution in [1.29, 1.82) is 0 Å². The molecule has 0 atom stereocenters. The van der Waals surface area contributed by atoms with E-state index in [1.54, 1.807) is 0 Å². The lowest BCUT2D eigenvalue weighted by molar-refractivity contribution is 0.128. The molecule has 0 radical (unpaired) electrons. The molecule has 0 saturated heterocycles. The molecular formula is C15H19BrN4O. The summed E-state index contributed by atoms with van der Waals surface area (Å²) in [4.78, 5) is 8.82. The van der Waals surface area contributed by atoms with E-state index < -0.39 is 0 Å². The van der Waals surface area contributed by atoms with E-state index in [-0.39, 0.29) is 0 Å². The standard InChI is InChI=1S/C15H19BrN4O/c1-3-21-10-15-19-13(17-2)8-14(20-15)18-9-11-4-6-12(16)7-5-11/h4-8H,3,9-10H2,1-2H3,(H2,17,18,19,20).